The van der Waals surface area contributed by atoms with Gasteiger partial charge in [-0.25, -0.2) is 4.39 Å². The standard InChI is InChI=1S/C20H23FN2/c21-16-6-8-17(9-7-16)22-18-12-19-10-11-20(13-18)23(19)14-15-4-2-1-3-5-15/h1-9,18-20,22H,10-14H2. The zero-order chi connectivity index (χ0) is 15.6. The van der Waals surface area contributed by atoms with Crippen molar-refractivity contribution in [3.8, 4) is 0 Å². The van der Waals surface area contributed by atoms with Gasteiger partial charge in [0.05, 0.1) is 0 Å². The molecular formula is C20H23FN2. The Morgan fingerprint density at radius 1 is 0.913 bits per heavy atom. The summed E-state index contributed by atoms with van der Waals surface area (Å²) in [6, 6.07) is 19.4. The van der Waals surface area contributed by atoms with Crippen molar-refractivity contribution in [2.45, 2.75) is 50.4 Å². The van der Waals surface area contributed by atoms with Crippen LogP contribution >= 0.6 is 0 Å². The fraction of sp³-hybridized carbons (Fsp3) is 0.400. The van der Waals surface area contributed by atoms with E-state index in [-0.39, 0.29) is 5.82 Å². The van der Waals surface area contributed by atoms with Gasteiger partial charge in [0, 0.05) is 30.4 Å². The van der Waals surface area contributed by atoms with Gasteiger partial charge in [-0.15, -0.1) is 0 Å². The van der Waals surface area contributed by atoms with Gasteiger partial charge in [-0.3, -0.25) is 4.90 Å². The zero-order valence-corrected chi connectivity index (χ0v) is 13.3. The Morgan fingerprint density at radius 3 is 2.22 bits per heavy atom. The third kappa shape index (κ3) is 3.25. The van der Waals surface area contributed by atoms with E-state index in [1.807, 2.05) is 12.1 Å². The first-order chi connectivity index (χ1) is 11.3. The van der Waals surface area contributed by atoms with Gasteiger partial charge in [-0.05, 0) is 55.5 Å². The van der Waals surface area contributed by atoms with Crippen molar-refractivity contribution in [3.63, 3.8) is 0 Å². The van der Waals surface area contributed by atoms with Crippen molar-refractivity contribution >= 4 is 5.69 Å². The summed E-state index contributed by atoms with van der Waals surface area (Å²) in [6.45, 7) is 1.07. The molecule has 2 aliphatic rings. The van der Waals surface area contributed by atoms with E-state index in [0.717, 1.165) is 12.2 Å². The van der Waals surface area contributed by atoms with E-state index < -0.39 is 0 Å². The average molecular weight is 310 g/mol. The molecule has 4 rings (SSSR count). The Kier molecular flexibility index (Phi) is 4.04. The van der Waals surface area contributed by atoms with Gasteiger partial charge in [0.2, 0.25) is 0 Å². The summed E-state index contributed by atoms with van der Waals surface area (Å²) in [5, 5.41) is 3.60. The third-order valence-corrected chi connectivity index (χ3v) is 5.31. The summed E-state index contributed by atoms with van der Waals surface area (Å²) in [7, 11) is 0. The van der Waals surface area contributed by atoms with Crippen LogP contribution in [0.1, 0.15) is 31.2 Å². The largest absolute Gasteiger partial charge is 0.382 e. The third-order valence-electron chi connectivity index (χ3n) is 5.31. The van der Waals surface area contributed by atoms with Crippen LogP contribution in [0.2, 0.25) is 0 Å². The molecule has 120 valence electrons. The fourth-order valence-corrected chi connectivity index (χ4v) is 4.23. The van der Waals surface area contributed by atoms with Crippen LogP contribution in [0.4, 0.5) is 10.1 Å². The molecule has 2 heterocycles. The lowest BCUT2D eigenvalue weighted by atomic mass is 9.96. The van der Waals surface area contributed by atoms with Gasteiger partial charge < -0.3 is 5.32 Å². The van der Waals surface area contributed by atoms with Crippen LogP contribution in [-0.4, -0.2) is 23.0 Å². The number of hydrogen-bond donors (Lipinski definition) is 1. The lowest BCUT2D eigenvalue weighted by molar-refractivity contribution is 0.124. The van der Waals surface area contributed by atoms with Crippen LogP contribution in [0.3, 0.4) is 0 Å². The van der Waals surface area contributed by atoms with E-state index in [4.69, 9.17) is 0 Å². The van der Waals surface area contributed by atoms with Gasteiger partial charge in [0.15, 0.2) is 0 Å². The molecule has 0 spiro atoms. The van der Waals surface area contributed by atoms with Crippen molar-refractivity contribution in [1.29, 1.82) is 0 Å². The molecule has 2 nitrogen and oxygen atoms in total. The van der Waals surface area contributed by atoms with Gasteiger partial charge in [-0.1, -0.05) is 30.3 Å². The van der Waals surface area contributed by atoms with Crippen LogP contribution in [0, 0.1) is 5.82 Å². The number of benzene rings is 2. The molecule has 23 heavy (non-hydrogen) atoms. The molecule has 2 aliphatic heterocycles. The minimum absolute atomic E-state index is 0.173. The number of nitrogens with one attached hydrogen (secondary N) is 1. The summed E-state index contributed by atoms with van der Waals surface area (Å²) < 4.78 is 13.0. The lowest BCUT2D eigenvalue weighted by Gasteiger charge is -2.39. The zero-order valence-electron chi connectivity index (χ0n) is 13.3. The predicted molar refractivity (Wildman–Crippen MR) is 91.8 cm³/mol. The summed E-state index contributed by atoms with van der Waals surface area (Å²) in [5.41, 5.74) is 2.45. The molecule has 1 N–H and O–H groups in total. The molecular weight excluding hydrogens is 287 g/mol. The molecule has 2 saturated heterocycles. The highest BCUT2D eigenvalue weighted by atomic mass is 19.1. The smallest absolute Gasteiger partial charge is 0.123 e. The quantitative estimate of drug-likeness (QED) is 0.898. The fourth-order valence-electron chi connectivity index (χ4n) is 4.23. The van der Waals surface area contributed by atoms with Crippen molar-refractivity contribution in [2.75, 3.05) is 5.32 Å². The van der Waals surface area contributed by atoms with E-state index in [0.29, 0.717) is 18.1 Å². The predicted octanol–water partition coefficient (Wildman–Crippen LogP) is 4.43. The summed E-state index contributed by atoms with van der Waals surface area (Å²) in [6.07, 6.45) is 4.97. The normalized spacial score (nSPS) is 27.1. The van der Waals surface area contributed by atoms with Crippen LogP contribution in [0.15, 0.2) is 54.6 Å². The second-order valence-corrected chi connectivity index (χ2v) is 6.86. The topological polar surface area (TPSA) is 15.3 Å². The van der Waals surface area contributed by atoms with Gasteiger partial charge in [0.1, 0.15) is 5.82 Å². The maximum atomic E-state index is 13.0. The number of anilines is 1. The molecule has 2 fully saturated rings. The minimum atomic E-state index is -0.173. The first-order valence-corrected chi connectivity index (χ1v) is 8.60. The van der Waals surface area contributed by atoms with Crippen LogP contribution in [-0.2, 0) is 6.54 Å². The molecule has 0 saturated carbocycles. The average Bonchev–Trinajstić information content (AvgIpc) is 2.81. The molecule has 2 unspecified atom stereocenters. The monoisotopic (exact) mass is 310 g/mol. The molecule has 0 radical (unpaired) electrons. The highest BCUT2D eigenvalue weighted by molar-refractivity contribution is 5.44. The van der Waals surface area contributed by atoms with E-state index >= 15 is 0 Å². The van der Waals surface area contributed by atoms with E-state index in [1.54, 1.807) is 0 Å². The number of halogens is 1. The maximum absolute atomic E-state index is 13.0. The van der Waals surface area contributed by atoms with E-state index in [2.05, 4.69) is 40.5 Å². The van der Waals surface area contributed by atoms with E-state index in [1.165, 1.54) is 43.4 Å². The summed E-state index contributed by atoms with van der Waals surface area (Å²) >= 11 is 0. The molecule has 2 aromatic rings. The van der Waals surface area contributed by atoms with Crippen molar-refractivity contribution in [1.82, 2.24) is 4.90 Å². The lowest BCUT2D eigenvalue weighted by Crippen LogP contribution is -2.46. The molecule has 3 heteroatoms. The number of piperidine rings is 1. The first kappa shape index (κ1) is 14.7. The van der Waals surface area contributed by atoms with Crippen LogP contribution in [0.25, 0.3) is 0 Å². The van der Waals surface area contributed by atoms with Crippen molar-refractivity contribution in [2.24, 2.45) is 0 Å². The number of nitrogens with zero attached hydrogens (tertiary/aromatic N) is 1. The van der Waals surface area contributed by atoms with Gasteiger partial charge in [-0.2, -0.15) is 0 Å². The summed E-state index contributed by atoms with van der Waals surface area (Å²) in [5.74, 6) is -0.173. The summed E-state index contributed by atoms with van der Waals surface area (Å²) in [4.78, 5) is 2.69. The highest BCUT2D eigenvalue weighted by Crippen LogP contribution is 2.37. The molecule has 0 aromatic heterocycles. The molecule has 2 atom stereocenters. The number of rotatable bonds is 4. The minimum Gasteiger partial charge on any atom is -0.382 e. The first-order valence-electron chi connectivity index (χ1n) is 8.60. The maximum Gasteiger partial charge on any atom is 0.123 e. The Labute approximate surface area is 137 Å². The second-order valence-electron chi connectivity index (χ2n) is 6.86. The Hall–Kier alpha value is -1.87. The van der Waals surface area contributed by atoms with Crippen molar-refractivity contribution < 1.29 is 4.39 Å². The molecule has 0 aliphatic carbocycles. The Morgan fingerprint density at radius 2 is 1.57 bits per heavy atom. The van der Waals surface area contributed by atoms with Crippen LogP contribution in [0.5, 0.6) is 0 Å². The van der Waals surface area contributed by atoms with Crippen molar-refractivity contribution in [3.05, 3.63) is 66.0 Å². The highest BCUT2D eigenvalue weighted by Gasteiger charge is 2.40. The molecule has 2 bridgehead atoms. The second kappa shape index (κ2) is 6.32. The Bertz CT molecular complexity index is 626. The number of fused-ring (bicyclic) bond motifs is 2. The SMILES string of the molecule is Fc1ccc(NC2CC3CCC(C2)N3Cc2ccccc2)cc1. The van der Waals surface area contributed by atoms with Crippen LogP contribution < -0.4 is 5.32 Å². The van der Waals surface area contributed by atoms with E-state index in [9.17, 15) is 4.39 Å². The molecule has 0 amide bonds. The van der Waals surface area contributed by atoms with Gasteiger partial charge >= 0.3 is 0 Å². The number of hydrogen-bond acceptors (Lipinski definition) is 2. The Balaban J connectivity index is 1.40. The molecule has 2 aromatic carbocycles. The van der Waals surface area contributed by atoms with Gasteiger partial charge in [0.25, 0.3) is 0 Å².